The van der Waals surface area contributed by atoms with Gasteiger partial charge in [0.05, 0.1) is 33.9 Å². The van der Waals surface area contributed by atoms with Crippen LogP contribution in [-0.4, -0.2) is 27.6 Å². The van der Waals surface area contributed by atoms with Crippen molar-refractivity contribution in [1.29, 1.82) is 0 Å². The van der Waals surface area contributed by atoms with Gasteiger partial charge >= 0.3 is 0 Å². The quantitative estimate of drug-likeness (QED) is 0.584. The number of carbonyl (C=O) groups is 1. The van der Waals surface area contributed by atoms with Crippen molar-refractivity contribution in [3.63, 3.8) is 0 Å². The van der Waals surface area contributed by atoms with E-state index < -0.39 is 0 Å². The minimum atomic E-state index is -0.293. The fourth-order valence-electron chi connectivity index (χ4n) is 2.66. The largest absolute Gasteiger partial charge is 0.497 e. The Hall–Kier alpha value is -2.78. The summed E-state index contributed by atoms with van der Waals surface area (Å²) >= 11 is 2.58. The number of hydrogen-bond acceptors (Lipinski definition) is 7. The predicted octanol–water partition coefficient (Wildman–Crippen LogP) is 3.17. The lowest BCUT2D eigenvalue weighted by Gasteiger charge is -1.99. The first-order chi connectivity index (χ1) is 12.5. The van der Waals surface area contributed by atoms with Gasteiger partial charge in [-0.25, -0.2) is 9.97 Å². The fourth-order valence-corrected chi connectivity index (χ4v) is 4.59. The van der Waals surface area contributed by atoms with E-state index in [0.29, 0.717) is 25.8 Å². The van der Waals surface area contributed by atoms with Crippen molar-refractivity contribution < 1.29 is 9.53 Å². The molecule has 1 aromatic carbocycles. The Morgan fingerprint density at radius 2 is 2.12 bits per heavy atom. The van der Waals surface area contributed by atoms with Gasteiger partial charge in [-0.1, -0.05) is 11.3 Å². The second-order valence-electron chi connectivity index (χ2n) is 5.70. The molecule has 4 rings (SSSR count). The number of nitrogens with zero attached hydrogens (tertiary/aromatic N) is 3. The van der Waals surface area contributed by atoms with Crippen molar-refractivity contribution in [3.05, 3.63) is 45.3 Å². The maximum absolute atomic E-state index is 12.7. The maximum Gasteiger partial charge on any atom is 0.267 e. The van der Waals surface area contributed by atoms with Gasteiger partial charge in [-0.3, -0.25) is 14.9 Å². The van der Waals surface area contributed by atoms with Crippen LogP contribution in [-0.2, 0) is 7.05 Å². The number of aryl methyl sites for hydroxylation is 2. The molecule has 0 aliphatic rings. The van der Waals surface area contributed by atoms with Crippen LogP contribution in [0.15, 0.2) is 29.3 Å². The second-order valence-corrected chi connectivity index (χ2v) is 7.73. The number of benzene rings is 1. The molecule has 9 heteroatoms. The summed E-state index contributed by atoms with van der Waals surface area (Å²) in [7, 11) is 3.24. The molecule has 4 aromatic rings. The summed E-state index contributed by atoms with van der Waals surface area (Å²) in [6.45, 7) is 1.76. The molecular formula is C17H14N4O3S2. The molecule has 0 saturated heterocycles. The summed E-state index contributed by atoms with van der Waals surface area (Å²) < 4.78 is 7.53. The fraction of sp³-hybridized carbons (Fsp3) is 0.176. The van der Waals surface area contributed by atoms with Crippen molar-refractivity contribution in [2.45, 2.75) is 6.92 Å². The van der Waals surface area contributed by atoms with Gasteiger partial charge in [0.25, 0.3) is 11.5 Å². The molecule has 3 aromatic heterocycles. The lowest BCUT2D eigenvalue weighted by Crippen LogP contribution is -2.17. The molecule has 0 spiro atoms. The summed E-state index contributed by atoms with van der Waals surface area (Å²) in [5.74, 6) is 0.444. The summed E-state index contributed by atoms with van der Waals surface area (Å²) in [5.41, 5.74) is 1.27. The molecule has 26 heavy (non-hydrogen) atoms. The Morgan fingerprint density at radius 3 is 2.88 bits per heavy atom. The standard InChI is InChI=1S/C17H14N4O3S2/c1-8-12-15(18-7-21(2)16(12)23)26-13(8)14(22)20-17-19-10-5-4-9(24-3)6-11(10)25-17/h4-7H,1-3H3,(H,19,20,22). The van der Waals surface area contributed by atoms with E-state index in [0.717, 1.165) is 16.0 Å². The van der Waals surface area contributed by atoms with E-state index in [1.165, 1.54) is 33.6 Å². The van der Waals surface area contributed by atoms with Crippen molar-refractivity contribution in [2.24, 2.45) is 7.05 Å². The van der Waals surface area contributed by atoms with Crippen LogP contribution in [0.5, 0.6) is 5.75 Å². The number of anilines is 1. The third-order valence-electron chi connectivity index (χ3n) is 4.03. The molecule has 0 atom stereocenters. The number of methoxy groups -OCH3 is 1. The number of amides is 1. The van der Waals surface area contributed by atoms with Gasteiger partial charge in [0.1, 0.15) is 10.6 Å². The van der Waals surface area contributed by atoms with Crippen LogP contribution in [0.1, 0.15) is 15.2 Å². The molecule has 0 saturated carbocycles. The average molecular weight is 386 g/mol. The van der Waals surface area contributed by atoms with Gasteiger partial charge in [-0.15, -0.1) is 11.3 Å². The number of thiazole rings is 1. The molecule has 0 aliphatic carbocycles. The first-order valence-electron chi connectivity index (χ1n) is 7.68. The lowest BCUT2D eigenvalue weighted by molar-refractivity contribution is 0.103. The van der Waals surface area contributed by atoms with E-state index in [-0.39, 0.29) is 11.5 Å². The van der Waals surface area contributed by atoms with E-state index >= 15 is 0 Å². The number of carbonyl (C=O) groups excluding carboxylic acids is 1. The van der Waals surface area contributed by atoms with Gasteiger partial charge in [-0.2, -0.15) is 0 Å². The van der Waals surface area contributed by atoms with E-state index in [1.807, 2.05) is 18.2 Å². The van der Waals surface area contributed by atoms with Crippen molar-refractivity contribution in [1.82, 2.24) is 14.5 Å². The lowest BCUT2D eigenvalue weighted by atomic mass is 10.2. The summed E-state index contributed by atoms with van der Waals surface area (Å²) in [5, 5.41) is 3.80. The number of rotatable bonds is 3. The van der Waals surface area contributed by atoms with Crippen molar-refractivity contribution in [3.8, 4) is 5.75 Å². The topological polar surface area (TPSA) is 86.1 Å². The Morgan fingerprint density at radius 1 is 1.31 bits per heavy atom. The normalized spacial score (nSPS) is 11.2. The maximum atomic E-state index is 12.7. The molecule has 0 aliphatic heterocycles. The van der Waals surface area contributed by atoms with Gasteiger partial charge in [-0.05, 0) is 30.7 Å². The predicted molar refractivity (Wildman–Crippen MR) is 104 cm³/mol. The number of aromatic nitrogens is 3. The average Bonchev–Trinajstić information content (AvgIpc) is 3.18. The van der Waals surface area contributed by atoms with Crippen LogP contribution >= 0.6 is 22.7 Å². The molecule has 0 unspecified atom stereocenters. The Bertz CT molecular complexity index is 1220. The Labute approximate surface area is 155 Å². The molecule has 1 N–H and O–H groups in total. The van der Waals surface area contributed by atoms with Gasteiger partial charge < -0.3 is 9.30 Å². The Balaban J connectivity index is 1.70. The molecule has 3 heterocycles. The van der Waals surface area contributed by atoms with E-state index in [9.17, 15) is 9.59 Å². The van der Waals surface area contributed by atoms with Crippen LogP contribution in [0.3, 0.4) is 0 Å². The van der Waals surface area contributed by atoms with Crippen LogP contribution in [0.2, 0.25) is 0 Å². The first-order valence-corrected chi connectivity index (χ1v) is 9.32. The minimum Gasteiger partial charge on any atom is -0.497 e. The van der Waals surface area contributed by atoms with Crippen LogP contribution in [0.4, 0.5) is 5.13 Å². The zero-order valence-electron chi connectivity index (χ0n) is 14.2. The van der Waals surface area contributed by atoms with Gasteiger partial charge in [0.15, 0.2) is 5.13 Å². The molecule has 7 nitrogen and oxygen atoms in total. The van der Waals surface area contributed by atoms with Crippen LogP contribution in [0, 0.1) is 6.92 Å². The number of nitrogens with one attached hydrogen (secondary N) is 1. The van der Waals surface area contributed by atoms with E-state index in [4.69, 9.17) is 4.74 Å². The SMILES string of the molecule is COc1ccc2nc(NC(=O)c3sc4ncn(C)c(=O)c4c3C)sc2c1. The molecule has 0 fully saturated rings. The highest BCUT2D eigenvalue weighted by Crippen LogP contribution is 2.31. The summed E-state index contributed by atoms with van der Waals surface area (Å²) in [6, 6.07) is 5.55. The van der Waals surface area contributed by atoms with Gasteiger partial charge in [0, 0.05) is 7.05 Å². The smallest absolute Gasteiger partial charge is 0.267 e. The first kappa shape index (κ1) is 16.7. The highest BCUT2D eigenvalue weighted by atomic mass is 32.1. The third kappa shape index (κ3) is 2.65. The van der Waals surface area contributed by atoms with Crippen molar-refractivity contribution >= 4 is 54.1 Å². The second kappa shape index (κ2) is 6.19. The molecular weight excluding hydrogens is 372 g/mol. The summed E-state index contributed by atoms with van der Waals surface area (Å²) in [6.07, 6.45) is 1.46. The van der Waals surface area contributed by atoms with E-state index in [1.54, 1.807) is 21.1 Å². The van der Waals surface area contributed by atoms with E-state index in [2.05, 4.69) is 15.3 Å². The Kier molecular flexibility index (Phi) is 3.97. The minimum absolute atomic E-state index is 0.158. The zero-order valence-corrected chi connectivity index (χ0v) is 15.8. The highest BCUT2D eigenvalue weighted by Gasteiger charge is 2.20. The van der Waals surface area contributed by atoms with Crippen molar-refractivity contribution in [2.75, 3.05) is 12.4 Å². The molecule has 0 bridgehead atoms. The summed E-state index contributed by atoms with van der Waals surface area (Å²) in [4.78, 5) is 34.7. The molecule has 0 radical (unpaired) electrons. The van der Waals surface area contributed by atoms with Gasteiger partial charge in [0.2, 0.25) is 0 Å². The monoisotopic (exact) mass is 386 g/mol. The third-order valence-corrected chi connectivity index (χ3v) is 6.17. The number of fused-ring (bicyclic) bond motifs is 2. The highest BCUT2D eigenvalue weighted by molar-refractivity contribution is 7.23. The number of thiophene rings is 1. The molecule has 132 valence electrons. The molecule has 1 amide bonds. The number of hydrogen-bond donors (Lipinski definition) is 1. The zero-order chi connectivity index (χ0) is 18.4. The number of ether oxygens (including phenoxy) is 1. The van der Waals surface area contributed by atoms with Crippen LogP contribution in [0.25, 0.3) is 20.4 Å². The van der Waals surface area contributed by atoms with Crippen LogP contribution < -0.4 is 15.6 Å².